The number of nitrogens with zero attached hydrogens (tertiary/aromatic N) is 1. The van der Waals surface area contributed by atoms with E-state index in [2.05, 4.69) is 0 Å². The zero-order valence-corrected chi connectivity index (χ0v) is 13.6. The van der Waals surface area contributed by atoms with Crippen molar-refractivity contribution in [3.8, 4) is 5.75 Å². The van der Waals surface area contributed by atoms with Crippen LogP contribution in [-0.4, -0.2) is 38.0 Å². The topological polar surface area (TPSA) is 63.7 Å². The molecule has 2 rings (SSSR count). The molecule has 0 saturated carbocycles. The molecule has 0 bridgehead atoms. The molecule has 0 spiro atoms. The zero-order chi connectivity index (χ0) is 15.6. The van der Waals surface area contributed by atoms with E-state index in [1.807, 2.05) is 13.0 Å². The number of esters is 1. The number of halogens is 1. The number of piperidine rings is 1. The Hall–Kier alpha value is -1.11. The number of rotatable bonds is 3. The van der Waals surface area contributed by atoms with E-state index in [4.69, 9.17) is 16.3 Å². The highest BCUT2D eigenvalue weighted by molar-refractivity contribution is 7.88. The molecule has 0 amide bonds. The van der Waals surface area contributed by atoms with E-state index in [0.717, 1.165) is 11.8 Å². The number of carbonyl (C=O) groups is 1. The second kappa shape index (κ2) is 6.34. The third-order valence-electron chi connectivity index (χ3n) is 3.48. The largest absolute Gasteiger partial charge is 0.425 e. The molecule has 1 aliphatic rings. The molecule has 0 radical (unpaired) electrons. The summed E-state index contributed by atoms with van der Waals surface area (Å²) in [5, 5.41) is 0.365. The first-order valence-electron chi connectivity index (χ1n) is 6.70. The highest BCUT2D eigenvalue weighted by Gasteiger charge is 2.31. The van der Waals surface area contributed by atoms with E-state index in [1.165, 1.54) is 4.31 Å². The lowest BCUT2D eigenvalue weighted by Gasteiger charge is -2.29. The number of hydrogen-bond donors (Lipinski definition) is 0. The Morgan fingerprint density at radius 3 is 2.81 bits per heavy atom. The number of aryl methyl sites for hydroxylation is 1. The maximum Gasteiger partial charge on any atom is 0.315 e. The van der Waals surface area contributed by atoms with Crippen molar-refractivity contribution in [3.63, 3.8) is 0 Å². The first kappa shape index (κ1) is 16.3. The minimum atomic E-state index is -3.28. The molecule has 7 heteroatoms. The summed E-state index contributed by atoms with van der Waals surface area (Å²) in [5.41, 5.74) is 0.934. The van der Waals surface area contributed by atoms with Gasteiger partial charge in [-0.3, -0.25) is 4.79 Å². The van der Waals surface area contributed by atoms with E-state index in [1.54, 1.807) is 12.1 Å². The van der Waals surface area contributed by atoms with Crippen LogP contribution in [-0.2, 0) is 14.8 Å². The smallest absolute Gasteiger partial charge is 0.315 e. The van der Waals surface area contributed by atoms with Gasteiger partial charge < -0.3 is 4.74 Å². The fraction of sp³-hybridized carbons (Fsp3) is 0.500. The summed E-state index contributed by atoms with van der Waals surface area (Å²) >= 11 is 6.00. The van der Waals surface area contributed by atoms with E-state index < -0.39 is 21.9 Å². The quantitative estimate of drug-likeness (QED) is 0.629. The maximum absolute atomic E-state index is 12.2. The summed E-state index contributed by atoms with van der Waals surface area (Å²) in [6, 6.07) is 5.19. The molecule has 1 unspecified atom stereocenters. The minimum absolute atomic E-state index is 0.168. The van der Waals surface area contributed by atoms with Gasteiger partial charge in [-0.2, -0.15) is 0 Å². The Labute approximate surface area is 129 Å². The minimum Gasteiger partial charge on any atom is -0.425 e. The molecule has 1 atom stereocenters. The number of sulfonamides is 1. The molecular formula is C14H18ClNO4S. The number of ether oxygens (including phenoxy) is 1. The maximum atomic E-state index is 12.2. The van der Waals surface area contributed by atoms with Crippen molar-refractivity contribution >= 4 is 27.6 Å². The standard InChI is InChI=1S/C14H18ClNO4S/c1-10-5-6-12(15)13(8-10)20-14(17)11-4-3-7-16(9-11)21(2,18)19/h5-6,8,11H,3-4,7,9H2,1-2H3. The van der Waals surface area contributed by atoms with E-state index in [0.29, 0.717) is 30.2 Å². The summed E-state index contributed by atoms with van der Waals surface area (Å²) < 4.78 is 29.8. The van der Waals surface area contributed by atoms with Crippen LogP contribution in [0.5, 0.6) is 5.75 Å². The second-order valence-electron chi connectivity index (χ2n) is 5.32. The Kier molecular flexibility index (Phi) is 4.91. The van der Waals surface area contributed by atoms with E-state index in [-0.39, 0.29) is 6.54 Å². The molecule has 21 heavy (non-hydrogen) atoms. The van der Waals surface area contributed by atoms with Crippen LogP contribution in [0.15, 0.2) is 18.2 Å². The van der Waals surface area contributed by atoms with Gasteiger partial charge in [0.2, 0.25) is 10.0 Å². The molecule has 0 N–H and O–H groups in total. The Balaban J connectivity index is 2.08. The second-order valence-corrected chi connectivity index (χ2v) is 7.70. The van der Waals surface area contributed by atoms with Crippen LogP contribution < -0.4 is 4.74 Å². The number of carbonyl (C=O) groups excluding carboxylic acids is 1. The van der Waals surface area contributed by atoms with Gasteiger partial charge in [0.25, 0.3) is 0 Å². The van der Waals surface area contributed by atoms with Crippen molar-refractivity contribution in [2.75, 3.05) is 19.3 Å². The Morgan fingerprint density at radius 1 is 1.43 bits per heavy atom. The van der Waals surface area contributed by atoms with Crippen LogP contribution in [0.2, 0.25) is 5.02 Å². The van der Waals surface area contributed by atoms with Crippen molar-refractivity contribution in [2.45, 2.75) is 19.8 Å². The third-order valence-corrected chi connectivity index (χ3v) is 5.07. The van der Waals surface area contributed by atoms with Gasteiger partial charge in [-0.15, -0.1) is 0 Å². The predicted molar refractivity (Wildman–Crippen MR) is 81.0 cm³/mol. The molecule has 1 aromatic rings. The molecular weight excluding hydrogens is 314 g/mol. The first-order chi connectivity index (χ1) is 9.77. The van der Waals surface area contributed by atoms with E-state index in [9.17, 15) is 13.2 Å². The number of benzene rings is 1. The van der Waals surface area contributed by atoms with Crippen LogP contribution in [0.4, 0.5) is 0 Å². The summed E-state index contributed by atoms with van der Waals surface area (Å²) in [5.74, 6) is -0.570. The monoisotopic (exact) mass is 331 g/mol. The van der Waals surface area contributed by atoms with Crippen molar-refractivity contribution in [1.29, 1.82) is 0 Å². The molecule has 116 valence electrons. The SMILES string of the molecule is Cc1ccc(Cl)c(OC(=O)C2CCCN(S(C)(=O)=O)C2)c1. The van der Waals surface area contributed by atoms with Crippen LogP contribution in [0, 0.1) is 12.8 Å². The van der Waals surface area contributed by atoms with E-state index >= 15 is 0 Å². The molecule has 1 aliphatic heterocycles. The normalized spacial score (nSPS) is 20.2. The van der Waals surface area contributed by atoms with Gasteiger partial charge in [0.05, 0.1) is 17.2 Å². The lowest BCUT2D eigenvalue weighted by molar-refractivity contribution is -0.140. The van der Waals surface area contributed by atoms with Crippen molar-refractivity contribution < 1.29 is 17.9 Å². The molecule has 5 nitrogen and oxygen atoms in total. The third kappa shape index (κ3) is 4.18. The van der Waals surface area contributed by atoms with Crippen molar-refractivity contribution in [1.82, 2.24) is 4.31 Å². The molecule has 0 aliphatic carbocycles. The van der Waals surface area contributed by atoms with Crippen LogP contribution >= 0.6 is 11.6 Å². The average molecular weight is 332 g/mol. The molecule has 1 heterocycles. The molecule has 1 saturated heterocycles. The average Bonchev–Trinajstić information content (AvgIpc) is 2.42. The Bertz CT molecular complexity index is 644. The lowest BCUT2D eigenvalue weighted by atomic mass is 10.00. The fourth-order valence-corrected chi connectivity index (χ4v) is 3.38. The van der Waals surface area contributed by atoms with Crippen molar-refractivity contribution in [2.24, 2.45) is 5.92 Å². The fourth-order valence-electron chi connectivity index (χ4n) is 2.32. The van der Waals surface area contributed by atoms with Gasteiger partial charge in [0.15, 0.2) is 0 Å². The highest BCUT2D eigenvalue weighted by atomic mass is 35.5. The summed E-state index contributed by atoms with van der Waals surface area (Å²) in [7, 11) is -3.28. The molecule has 1 aromatic carbocycles. The van der Waals surface area contributed by atoms with Crippen LogP contribution in [0.3, 0.4) is 0 Å². The summed E-state index contributed by atoms with van der Waals surface area (Å²) in [4.78, 5) is 12.2. The summed E-state index contributed by atoms with van der Waals surface area (Å²) in [6.07, 6.45) is 2.42. The van der Waals surface area contributed by atoms with Gasteiger partial charge in [-0.25, -0.2) is 12.7 Å². The molecule has 0 aromatic heterocycles. The van der Waals surface area contributed by atoms with Gasteiger partial charge in [-0.1, -0.05) is 17.7 Å². The Morgan fingerprint density at radius 2 is 2.14 bits per heavy atom. The van der Waals surface area contributed by atoms with Crippen LogP contribution in [0.25, 0.3) is 0 Å². The van der Waals surface area contributed by atoms with Crippen LogP contribution in [0.1, 0.15) is 18.4 Å². The zero-order valence-electron chi connectivity index (χ0n) is 12.0. The van der Waals surface area contributed by atoms with Gasteiger partial charge in [-0.05, 0) is 37.5 Å². The van der Waals surface area contributed by atoms with Crippen molar-refractivity contribution in [3.05, 3.63) is 28.8 Å². The summed E-state index contributed by atoms with van der Waals surface area (Å²) in [6.45, 7) is 2.49. The van der Waals surface area contributed by atoms with Gasteiger partial charge in [0.1, 0.15) is 5.75 Å². The van der Waals surface area contributed by atoms with Gasteiger partial charge >= 0.3 is 5.97 Å². The molecule has 1 fully saturated rings. The first-order valence-corrected chi connectivity index (χ1v) is 8.93. The van der Waals surface area contributed by atoms with Gasteiger partial charge in [0, 0.05) is 13.1 Å². The lowest BCUT2D eigenvalue weighted by Crippen LogP contribution is -2.42. The predicted octanol–water partition coefficient (Wildman–Crippen LogP) is 2.23. The highest BCUT2D eigenvalue weighted by Crippen LogP contribution is 2.27. The number of hydrogen-bond acceptors (Lipinski definition) is 4.